The van der Waals surface area contributed by atoms with Crippen LogP contribution >= 0.6 is 11.3 Å². The van der Waals surface area contributed by atoms with Crippen LogP contribution in [0.5, 0.6) is 0 Å². The van der Waals surface area contributed by atoms with Crippen LogP contribution in [0.4, 0.5) is 0 Å². The summed E-state index contributed by atoms with van der Waals surface area (Å²) in [4.78, 5) is 1.30. The van der Waals surface area contributed by atoms with Gasteiger partial charge in [0.1, 0.15) is 0 Å². The molecule has 0 aliphatic carbocycles. The average Bonchev–Trinajstić information content (AvgIpc) is 3.01. The molecule has 2 aromatic carbocycles. The Hall–Kier alpha value is -2.12. The molecule has 0 radical (unpaired) electrons. The normalized spacial score (nSPS) is 11.5. The lowest BCUT2D eigenvalue weighted by atomic mass is 10.0. The first-order valence-corrected chi connectivity index (χ1v) is 7.17. The number of hydrogen-bond acceptors (Lipinski definition) is 1. The minimum absolute atomic E-state index is 1.23. The van der Waals surface area contributed by atoms with Crippen molar-refractivity contribution in [2.75, 3.05) is 0 Å². The zero-order valence-corrected chi connectivity index (χ0v) is 11.3. The van der Waals surface area contributed by atoms with Crippen LogP contribution in [-0.4, -0.2) is 0 Å². The second-order valence-electron chi connectivity index (χ2n) is 4.31. The molecule has 0 unspecified atom stereocenters. The van der Waals surface area contributed by atoms with E-state index in [1.165, 1.54) is 21.6 Å². The van der Waals surface area contributed by atoms with Crippen LogP contribution in [0, 0.1) is 0 Å². The Morgan fingerprint density at radius 3 is 2.05 bits per heavy atom. The van der Waals surface area contributed by atoms with Gasteiger partial charge in [0.2, 0.25) is 0 Å². The van der Waals surface area contributed by atoms with Crippen molar-refractivity contribution in [3.05, 3.63) is 94.2 Å². The van der Waals surface area contributed by atoms with Crippen molar-refractivity contribution in [2.24, 2.45) is 0 Å². The molecular weight excluding hydrogens is 248 g/mol. The first kappa shape index (κ1) is 11.9. The molecule has 0 saturated carbocycles. The molecule has 0 spiro atoms. The van der Waals surface area contributed by atoms with Gasteiger partial charge in [-0.25, -0.2) is 0 Å². The second-order valence-corrected chi connectivity index (χ2v) is 5.26. The number of benzene rings is 2. The van der Waals surface area contributed by atoms with Gasteiger partial charge in [0.15, 0.2) is 0 Å². The molecule has 0 bridgehead atoms. The molecule has 1 heterocycles. The molecule has 0 aliphatic rings. The topological polar surface area (TPSA) is 0 Å². The van der Waals surface area contributed by atoms with Crippen molar-refractivity contribution < 1.29 is 0 Å². The van der Waals surface area contributed by atoms with Crippen LogP contribution in [0.3, 0.4) is 0 Å². The third-order valence-corrected chi connectivity index (χ3v) is 3.89. The monoisotopic (exact) mass is 262 g/mol. The Morgan fingerprint density at radius 2 is 1.42 bits per heavy atom. The highest BCUT2D eigenvalue weighted by atomic mass is 32.1. The smallest absolute Gasteiger partial charge is 0.0348 e. The molecule has 3 aromatic rings. The second kappa shape index (κ2) is 5.68. The lowest BCUT2D eigenvalue weighted by molar-refractivity contribution is 1.60. The van der Waals surface area contributed by atoms with E-state index in [4.69, 9.17) is 0 Å². The van der Waals surface area contributed by atoms with E-state index in [1.807, 2.05) is 6.07 Å². The molecule has 0 aliphatic heterocycles. The van der Waals surface area contributed by atoms with Gasteiger partial charge < -0.3 is 0 Å². The summed E-state index contributed by atoms with van der Waals surface area (Å²) in [7, 11) is 0. The van der Waals surface area contributed by atoms with E-state index in [2.05, 4.69) is 78.2 Å². The summed E-state index contributed by atoms with van der Waals surface area (Å²) in [6.45, 7) is 0. The molecule has 0 nitrogen and oxygen atoms in total. The summed E-state index contributed by atoms with van der Waals surface area (Å²) < 4.78 is 0. The van der Waals surface area contributed by atoms with E-state index in [-0.39, 0.29) is 0 Å². The Morgan fingerprint density at radius 1 is 0.737 bits per heavy atom. The Kier molecular flexibility index (Phi) is 3.57. The lowest BCUT2D eigenvalue weighted by Crippen LogP contribution is -1.84. The van der Waals surface area contributed by atoms with Crippen LogP contribution in [0.15, 0.2) is 78.2 Å². The Bertz CT molecular complexity index is 649. The summed E-state index contributed by atoms with van der Waals surface area (Å²) in [6.07, 6.45) is 2.25. The summed E-state index contributed by atoms with van der Waals surface area (Å²) in [5.41, 5.74) is 3.77. The van der Waals surface area contributed by atoms with Gasteiger partial charge in [0.25, 0.3) is 0 Å². The molecule has 0 N–H and O–H groups in total. The quantitative estimate of drug-likeness (QED) is 0.559. The van der Waals surface area contributed by atoms with Crippen LogP contribution in [0.2, 0.25) is 0 Å². The van der Waals surface area contributed by atoms with E-state index in [9.17, 15) is 0 Å². The number of hydrogen-bond donors (Lipinski definition) is 0. The van der Waals surface area contributed by atoms with Gasteiger partial charge in [-0.2, -0.15) is 0 Å². The minimum atomic E-state index is 1.23. The minimum Gasteiger partial charge on any atom is -0.144 e. The fourth-order valence-corrected chi connectivity index (χ4v) is 2.83. The Labute approximate surface area is 117 Å². The van der Waals surface area contributed by atoms with E-state index in [0.29, 0.717) is 0 Å². The average molecular weight is 262 g/mol. The largest absolute Gasteiger partial charge is 0.144 e. The predicted octanol–water partition coefficient (Wildman–Crippen LogP) is 5.34. The maximum atomic E-state index is 2.25. The van der Waals surface area contributed by atoms with Gasteiger partial charge in [-0.05, 0) is 34.2 Å². The van der Waals surface area contributed by atoms with Crippen molar-refractivity contribution in [2.45, 2.75) is 0 Å². The molecule has 0 saturated heterocycles. The summed E-state index contributed by atoms with van der Waals surface area (Å²) >= 11 is 1.78. The third kappa shape index (κ3) is 2.83. The maximum absolute atomic E-state index is 2.25. The molecule has 3 rings (SSSR count). The highest BCUT2D eigenvalue weighted by molar-refractivity contribution is 7.11. The van der Waals surface area contributed by atoms with Gasteiger partial charge in [-0.15, -0.1) is 11.3 Å². The van der Waals surface area contributed by atoms with E-state index >= 15 is 0 Å². The molecule has 0 amide bonds. The fourth-order valence-electron chi connectivity index (χ4n) is 2.06. The first-order valence-electron chi connectivity index (χ1n) is 6.29. The van der Waals surface area contributed by atoms with Crippen molar-refractivity contribution in [3.63, 3.8) is 0 Å². The van der Waals surface area contributed by atoms with Gasteiger partial charge in [0, 0.05) is 4.88 Å². The van der Waals surface area contributed by atoms with Gasteiger partial charge in [-0.1, -0.05) is 66.7 Å². The van der Waals surface area contributed by atoms with E-state index in [1.54, 1.807) is 11.3 Å². The molecule has 1 heteroatoms. The predicted molar refractivity (Wildman–Crippen MR) is 84.2 cm³/mol. The maximum Gasteiger partial charge on any atom is 0.0348 e. The van der Waals surface area contributed by atoms with Crippen LogP contribution in [-0.2, 0) is 0 Å². The number of thiophene rings is 1. The van der Waals surface area contributed by atoms with E-state index < -0.39 is 0 Å². The van der Waals surface area contributed by atoms with Crippen molar-refractivity contribution in [3.8, 4) is 0 Å². The van der Waals surface area contributed by atoms with Gasteiger partial charge >= 0.3 is 0 Å². The lowest BCUT2D eigenvalue weighted by Gasteiger charge is -2.06. The van der Waals surface area contributed by atoms with Gasteiger partial charge in [0.05, 0.1) is 0 Å². The molecule has 92 valence electrons. The molecule has 1 aromatic heterocycles. The molecule has 0 fully saturated rings. The van der Waals surface area contributed by atoms with Gasteiger partial charge in [-0.3, -0.25) is 0 Å². The fraction of sp³-hybridized carbons (Fsp3) is 0. The summed E-state index contributed by atoms with van der Waals surface area (Å²) in [6, 6.07) is 25.3. The Balaban J connectivity index is 2.10. The zero-order chi connectivity index (χ0) is 12.9. The SMILES string of the molecule is C(=C(\c1ccccc1)c1cccs1)/c1ccccc1. The zero-order valence-electron chi connectivity index (χ0n) is 10.5. The van der Waals surface area contributed by atoms with Crippen molar-refractivity contribution in [1.29, 1.82) is 0 Å². The summed E-state index contributed by atoms with van der Waals surface area (Å²) in [5, 5.41) is 2.12. The molecule has 0 atom stereocenters. The molecule has 19 heavy (non-hydrogen) atoms. The van der Waals surface area contributed by atoms with Crippen molar-refractivity contribution >= 4 is 23.0 Å². The highest BCUT2D eigenvalue weighted by Gasteiger charge is 2.05. The number of rotatable bonds is 3. The van der Waals surface area contributed by atoms with Crippen LogP contribution in [0.25, 0.3) is 11.6 Å². The highest BCUT2D eigenvalue weighted by Crippen LogP contribution is 2.29. The van der Waals surface area contributed by atoms with Crippen LogP contribution < -0.4 is 0 Å². The van der Waals surface area contributed by atoms with E-state index in [0.717, 1.165) is 0 Å². The third-order valence-electron chi connectivity index (χ3n) is 2.98. The first-order chi connectivity index (χ1) is 9.43. The molecular formula is C18H14S. The standard InChI is InChI=1S/C18H14S/c1-3-8-15(9-4-1)14-17(18-12-7-13-19-18)16-10-5-2-6-11-16/h1-14H/b17-14-. The van der Waals surface area contributed by atoms with Crippen LogP contribution in [0.1, 0.15) is 16.0 Å². The summed E-state index contributed by atoms with van der Waals surface area (Å²) in [5.74, 6) is 0. The van der Waals surface area contributed by atoms with Crippen molar-refractivity contribution in [1.82, 2.24) is 0 Å².